The topological polar surface area (TPSA) is 165 Å². The predicted octanol–water partition coefficient (Wildman–Crippen LogP) is 1.19. The van der Waals surface area contributed by atoms with Gasteiger partial charge in [-0.1, -0.05) is 19.1 Å². The molecule has 2 heterocycles. The number of anilines is 2. The number of nitrogens with one attached hydrogen (secondary N) is 2. The van der Waals surface area contributed by atoms with Crippen molar-refractivity contribution in [3.63, 3.8) is 0 Å². The van der Waals surface area contributed by atoms with Crippen LogP contribution < -0.4 is 22.1 Å². The first-order valence-electron chi connectivity index (χ1n) is 8.31. The number of carbonyl (C=O) groups excluding carboxylic acids is 1. The molecule has 28 heavy (non-hydrogen) atoms. The molecule has 154 valence electrons. The number of aromatic nitrogens is 2. The Hall–Kier alpha value is -1.65. The van der Waals surface area contributed by atoms with Crippen molar-refractivity contribution in [1.29, 1.82) is 0 Å². The third-order valence-corrected chi connectivity index (χ3v) is 3.75. The van der Waals surface area contributed by atoms with Crippen molar-refractivity contribution in [2.45, 2.75) is 13.3 Å². The molecule has 0 saturated carbocycles. The third-order valence-electron chi connectivity index (χ3n) is 3.53. The molecule has 12 heteroatoms. The fourth-order valence-electron chi connectivity index (χ4n) is 2.32. The SMILES string of the molecule is CC[CH-]Nc1cnc(C(N)=O)c(NC(=S)/C=C(\N)CN2CCOCC2)n1.[NH2-].[W+2]. The second-order valence-corrected chi connectivity index (χ2v) is 6.11. The summed E-state index contributed by atoms with van der Waals surface area (Å²) in [6.07, 6.45) is 3.87. The minimum Gasteiger partial charge on any atom is -0.693 e. The molecule has 8 N–H and O–H groups in total. The summed E-state index contributed by atoms with van der Waals surface area (Å²) in [4.78, 5) is 22.4. The van der Waals surface area contributed by atoms with E-state index in [1.807, 2.05) is 13.5 Å². The van der Waals surface area contributed by atoms with Crippen LogP contribution in [0.2, 0.25) is 0 Å². The molecule has 2 rings (SSSR count). The Kier molecular flexibility index (Phi) is 12.7. The Morgan fingerprint density at radius 1 is 1.43 bits per heavy atom. The number of nitrogens with zero attached hydrogens (tertiary/aromatic N) is 3. The van der Waals surface area contributed by atoms with E-state index in [4.69, 9.17) is 28.4 Å². The largest absolute Gasteiger partial charge is 2.00 e. The zero-order chi connectivity index (χ0) is 18.9. The van der Waals surface area contributed by atoms with Gasteiger partial charge in [-0.15, -0.1) is 0 Å². The number of hydrogen-bond acceptors (Lipinski definition) is 8. The number of thiocarbonyl (C=S) groups is 1. The third kappa shape index (κ3) is 8.57. The van der Waals surface area contributed by atoms with Crippen LogP contribution in [0.3, 0.4) is 0 Å². The first-order valence-corrected chi connectivity index (χ1v) is 8.72. The van der Waals surface area contributed by atoms with Gasteiger partial charge in [-0.25, -0.2) is 16.5 Å². The molecular formula is C16H26N8O2SW. The van der Waals surface area contributed by atoms with Crippen molar-refractivity contribution < 1.29 is 30.6 Å². The Labute approximate surface area is 184 Å². The van der Waals surface area contributed by atoms with Gasteiger partial charge in [0.2, 0.25) is 0 Å². The number of nitrogens with two attached hydrogens (primary N) is 3. The van der Waals surface area contributed by atoms with Crippen LogP contribution in [0.4, 0.5) is 11.6 Å². The number of amides is 1. The molecule has 1 aliphatic heterocycles. The van der Waals surface area contributed by atoms with Crippen LogP contribution in [0.15, 0.2) is 18.0 Å². The fourth-order valence-corrected chi connectivity index (χ4v) is 2.57. The molecule has 0 aliphatic carbocycles. The van der Waals surface area contributed by atoms with Gasteiger partial charge in [0.15, 0.2) is 11.5 Å². The average Bonchev–Trinajstić information content (AvgIpc) is 2.60. The van der Waals surface area contributed by atoms with Crippen molar-refractivity contribution >= 4 is 34.7 Å². The van der Waals surface area contributed by atoms with Crippen molar-refractivity contribution in [3.8, 4) is 0 Å². The minimum absolute atomic E-state index is 0. The summed E-state index contributed by atoms with van der Waals surface area (Å²) in [6, 6.07) is 0. The molecule has 10 nitrogen and oxygen atoms in total. The Bertz CT molecular complexity index is 683. The van der Waals surface area contributed by atoms with Crippen molar-refractivity contribution in [2.24, 2.45) is 11.5 Å². The van der Waals surface area contributed by atoms with E-state index in [-0.39, 0.29) is 38.7 Å². The maximum Gasteiger partial charge on any atom is 2.00 e. The molecule has 1 aromatic rings. The number of morpholine rings is 1. The maximum atomic E-state index is 11.6. The Morgan fingerprint density at radius 3 is 2.71 bits per heavy atom. The van der Waals surface area contributed by atoms with Gasteiger partial charge in [0.05, 0.1) is 19.4 Å². The summed E-state index contributed by atoms with van der Waals surface area (Å²) in [7, 11) is 0. The summed E-state index contributed by atoms with van der Waals surface area (Å²) in [5.74, 6) is -0.0288. The summed E-state index contributed by atoms with van der Waals surface area (Å²) >= 11 is 5.30. The monoisotopic (exact) mass is 578 g/mol. The van der Waals surface area contributed by atoms with E-state index < -0.39 is 5.91 Å². The normalized spacial score (nSPS) is 14.4. The molecule has 0 aromatic carbocycles. The molecule has 1 aliphatic rings. The second kappa shape index (κ2) is 13.5. The zero-order valence-electron chi connectivity index (χ0n) is 15.7. The molecule has 0 unspecified atom stereocenters. The molecule has 1 fully saturated rings. The van der Waals surface area contributed by atoms with E-state index in [2.05, 4.69) is 25.5 Å². The van der Waals surface area contributed by atoms with E-state index in [9.17, 15) is 4.79 Å². The summed E-state index contributed by atoms with van der Waals surface area (Å²) in [5.41, 5.74) is 12.0. The van der Waals surface area contributed by atoms with Crippen LogP contribution in [-0.4, -0.2) is 58.6 Å². The second-order valence-electron chi connectivity index (χ2n) is 5.67. The van der Waals surface area contributed by atoms with E-state index >= 15 is 0 Å². The molecule has 0 spiro atoms. The molecule has 0 radical (unpaired) electrons. The average molecular weight is 578 g/mol. The van der Waals surface area contributed by atoms with Crippen LogP contribution in [-0.2, 0) is 25.8 Å². The van der Waals surface area contributed by atoms with E-state index in [0.29, 0.717) is 36.3 Å². The quantitative estimate of drug-likeness (QED) is 0.202. The van der Waals surface area contributed by atoms with Crippen molar-refractivity contribution in [2.75, 3.05) is 43.5 Å². The Morgan fingerprint density at radius 2 is 2.11 bits per heavy atom. The van der Waals surface area contributed by atoms with Gasteiger partial charge in [-0.3, -0.25) is 9.69 Å². The molecular weight excluding hydrogens is 552 g/mol. The molecule has 1 aromatic heterocycles. The molecule has 0 atom stereocenters. The standard InChI is InChI=1S/C16H24N7O2S.H2N.W/c1-2-3-19-12-9-20-14(15(18)24)16(21-12)22-13(26)8-11(17)10-23-4-6-25-7-5-23;;/h3,8-9H,2,4-7,10,17H2,1H3,(H2,18,24)(H2,19,21,22,26);1H2;/q2*-1;+2/b11-8-;;. The summed E-state index contributed by atoms with van der Waals surface area (Å²) in [6.45, 7) is 7.43. The molecule has 0 bridgehead atoms. The van der Waals surface area contributed by atoms with Gasteiger partial charge in [-0.2, -0.15) is 6.42 Å². The number of hydrogen-bond donors (Lipinski definition) is 4. The smallest absolute Gasteiger partial charge is 0.693 e. The van der Waals surface area contributed by atoms with Crippen LogP contribution in [0.25, 0.3) is 6.15 Å². The van der Waals surface area contributed by atoms with Gasteiger partial charge >= 0.3 is 21.1 Å². The van der Waals surface area contributed by atoms with Gasteiger partial charge in [0.1, 0.15) is 10.8 Å². The number of ether oxygens (including phenoxy) is 1. The number of primary amides is 1. The van der Waals surface area contributed by atoms with E-state index in [1.54, 1.807) is 6.08 Å². The van der Waals surface area contributed by atoms with Gasteiger partial charge < -0.3 is 33.0 Å². The number of rotatable bonds is 8. The molecule has 1 amide bonds. The minimum atomic E-state index is -0.695. The Balaban J connectivity index is 0.00000364. The van der Waals surface area contributed by atoms with Crippen molar-refractivity contribution in [3.05, 3.63) is 36.4 Å². The van der Waals surface area contributed by atoms with Gasteiger partial charge in [0, 0.05) is 25.3 Å². The maximum absolute atomic E-state index is 11.6. The van der Waals surface area contributed by atoms with Crippen LogP contribution >= 0.6 is 12.2 Å². The van der Waals surface area contributed by atoms with E-state index in [0.717, 1.165) is 19.5 Å². The van der Waals surface area contributed by atoms with Crippen LogP contribution in [0.5, 0.6) is 0 Å². The first-order chi connectivity index (χ1) is 12.5. The fraction of sp³-hybridized carbons (Fsp3) is 0.438. The first kappa shape index (κ1) is 26.3. The zero-order valence-corrected chi connectivity index (χ0v) is 19.4. The van der Waals surface area contributed by atoms with Gasteiger partial charge in [0.25, 0.3) is 5.91 Å². The summed E-state index contributed by atoms with van der Waals surface area (Å²) in [5, 5.41) is 5.86. The van der Waals surface area contributed by atoms with Gasteiger partial charge in [-0.05, 0) is 6.08 Å². The molecule has 1 saturated heterocycles. The predicted molar refractivity (Wildman–Crippen MR) is 110 cm³/mol. The van der Waals surface area contributed by atoms with Crippen LogP contribution in [0.1, 0.15) is 23.8 Å². The van der Waals surface area contributed by atoms with Crippen molar-refractivity contribution in [1.82, 2.24) is 14.9 Å². The van der Waals surface area contributed by atoms with E-state index in [1.165, 1.54) is 6.20 Å². The summed E-state index contributed by atoms with van der Waals surface area (Å²) < 4.78 is 5.31. The van der Waals surface area contributed by atoms with Crippen LogP contribution in [0, 0.1) is 6.54 Å². The number of carbonyl (C=O) groups is 1.